The van der Waals surface area contributed by atoms with Gasteiger partial charge >= 0.3 is 68.5 Å². The Hall–Kier alpha value is 1.52. The van der Waals surface area contributed by atoms with Gasteiger partial charge in [0.2, 0.25) is 0 Å². The summed E-state index contributed by atoms with van der Waals surface area (Å²) in [6.07, 6.45) is 0. The van der Waals surface area contributed by atoms with Gasteiger partial charge in [-0.25, -0.2) is 0 Å². The quantitative estimate of drug-likeness (QED) is 0.427. The third-order valence-electron chi connectivity index (χ3n) is 0. The van der Waals surface area contributed by atoms with E-state index in [1.807, 2.05) is 0 Å². The molecule has 0 aromatic rings. The molecule has 6 heteroatoms. The SMILES string of the molecule is [Ho+3].[O]=[V]([O-])([O-])[O-]. The zero-order chi connectivity index (χ0) is 4.50. The molecule has 6 heavy (non-hydrogen) atoms. The molecule has 0 unspecified atom stereocenters. The van der Waals surface area contributed by atoms with Crippen LogP contribution in [0.5, 0.6) is 0 Å². The van der Waals surface area contributed by atoms with E-state index in [4.69, 9.17) is 15.8 Å². The van der Waals surface area contributed by atoms with Crippen molar-refractivity contribution in [1.29, 1.82) is 0 Å². The van der Waals surface area contributed by atoms with E-state index in [1.54, 1.807) is 0 Å². The second-order valence-corrected chi connectivity index (χ2v) is 1.84. The monoisotopic (exact) mass is 280 g/mol. The molecular formula is HoO4V. The first-order valence-corrected chi connectivity index (χ1v) is 3.01. The van der Waals surface area contributed by atoms with Crippen molar-refractivity contribution in [3.05, 3.63) is 0 Å². The molecule has 0 bridgehead atoms. The summed E-state index contributed by atoms with van der Waals surface area (Å²) < 4.78 is 34.4. The first kappa shape index (κ1) is 10.5. The summed E-state index contributed by atoms with van der Waals surface area (Å²) in [5.41, 5.74) is 0. The zero-order valence-electron chi connectivity index (χ0n) is 2.38. The third-order valence-corrected chi connectivity index (χ3v) is 0. The Bertz CT molecular complexity index is 53.7. The molecule has 0 amide bonds. The Balaban J connectivity index is 0. The van der Waals surface area contributed by atoms with Gasteiger partial charge in [-0.2, -0.15) is 0 Å². The zero-order valence-corrected chi connectivity index (χ0v) is 5.71. The van der Waals surface area contributed by atoms with Gasteiger partial charge in [-0.15, -0.1) is 0 Å². The third kappa shape index (κ3) is 48.7. The molecule has 0 saturated carbocycles. The predicted octanol–water partition coefficient (Wildman–Crippen LogP) is -3.69. The van der Waals surface area contributed by atoms with Gasteiger partial charge in [0.15, 0.2) is 0 Å². The normalized spacial score (nSPS) is 9.83. The van der Waals surface area contributed by atoms with Crippen LogP contribution < -0.4 is 12.1 Å². The minimum absolute atomic E-state index is 0. The molecule has 0 radical (unpaired) electrons. The predicted molar refractivity (Wildman–Crippen MR) is 0.686 cm³/mol. The average molecular weight is 280 g/mol. The average Bonchev–Trinajstić information content (AvgIpc) is 0.722. The topological polar surface area (TPSA) is 86.2 Å². The molecule has 4 nitrogen and oxygen atoms in total. The van der Waals surface area contributed by atoms with Crippen molar-refractivity contribution in [3.8, 4) is 0 Å². The molecule has 0 N–H and O–H groups in total. The molecule has 0 aromatic heterocycles. The van der Waals surface area contributed by atoms with Crippen LogP contribution in [0.4, 0.5) is 0 Å². The van der Waals surface area contributed by atoms with E-state index in [0.29, 0.717) is 0 Å². The van der Waals surface area contributed by atoms with Crippen molar-refractivity contribution in [2.24, 2.45) is 0 Å². The van der Waals surface area contributed by atoms with Gasteiger partial charge in [0.05, 0.1) is 0 Å². The summed E-state index contributed by atoms with van der Waals surface area (Å²) in [7, 11) is 0. The van der Waals surface area contributed by atoms with E-state index in [0.717, 1.165) is 0 Å². The molecule has 0 spiro atoms. The van der Waals surface area contributed by atoms with Gasteiger partial charge in [0, 0.05) is 0 Å². The van der Waals surface area contributed by atoms with Gasteiger partial charge < -0.3 is 0 Å². The summed E-state index contributed by atoms with van der Waals surface area (Å²) in [5.74, 6) is 0. The van der Waals surface area contributed by atoms with Crippen LogP contribution in [0.1, 0.15) is 0 Å². The van der Waals surface area contributed by atoms with Crippen molar-refractivity contribution in [2.75, 3.05) is 0 Å². The Labute approximate surface area is 67.7 Å². The van der Waals surface area contributed by atoms with Crippen LogP contribution in [0, 0.1) is 37.7 Å². The molecule has 0 atom stereocenters. The molecule has 0 aliphatic carbocycles. The Kier molecular flexibility index (Phi) is 6.15. The van der Waals surface area contributed by atoms with Crippen molar-refractivity contribution < 1.29 is 68.5 Å². The van der Waals surface area contributed by atoms with Crippen LogP contribution >= 0.6 is 0 Å². The standard InChI is InChI=1S/Ho.4O.V/q+3;;3*-1;. The molecule has 0 fully saturated rings. The second kappa shape index (κ2) is 3.52. The van der Waals surface area contributed by atoms with Gasteiger partial charge in [-0.1, -0.05) is 0 Å². The van der Waals surface area contributed by atoms with Crippen LogP contribution in [-0.2, 0) is 18.7 Å². The maximum atomic E-state index is 8.61. The van der Waals surface area contributed by atoms with E-state index in [2.05, 4.69) is 0 Å². The number of hydrogen-bond acceptors (Lipinski definition) is 4. The second-order valence-electron chi connectivity index (χ2n) is 0.447. The molecule has 40 valence electrons. The summed E-state index contributed by atoms with van der Waals surface area (Å²) >= 11 is -5.88. The summed E-state index contributed by atoms with van der Waals surface area (Å²) in [6, 6.07) is 0. The van der Waals surface area contributed by atoms with Gasteiger partial charge in [-0.05, 0) is 0 Å². The van der Waals surface area contributed by atoms with Crippen molar-refractivity contribution in [1.82, 2.24) is 0 Å². The van der Waals surface area contributed by atoms with Crippen LogP contribution in [0.15, 0.2) is 0 Å². The Morgan fingerprint density at radius 2 is 1.17 bits per heavy atom. The van der Waals surface area contributed by atoms with Gasteiger partial charge in [0.25, 0.3) is 0 Å². The summed E-state index contributed by atoms with van der Waals surface area (Å²) in [5, 5.41) is 0. The molecule has 0 saturated heterocycles. The molecule has 0 heterocycles. The minimum atomic E-state index is -5.88. The van der Waals surface area contributed by atoms with Crippen molar-refractivity contribution >= 4 is 0 Å². The fourth-order valence-electron chi connectivity index (χ4n) is 0. The van der Waals surface area contributed by atoms with E-state index < -0.39 is 15.0 Å². The van der Waals surface area contributed by atoms with Gasteiger partial charge in [0.1, 0.15) is 0 Å². The molecule has 0 aliphatic rings. The fourth-order valence-corrected chi connectivity index (χ4v) is 0. The molecular weight excluding hydrogens is 280 g/mol. The van der Waals surface area contributed by atoms with Crippen LogP contribution in [-0.4, -0.2) is 0 Å². The van der Waals surface area contributed by atoms with E-state index in [1.165, 1.54) is 0 Å². The molecule has 0 aliphatic heterocycles. The number of rotatable bonds is 0. The fraction of sp³-hybridized carbons (Fsp3) is 0. The first-order chi connectivity index (χ1) is 2.00. The molecule has 0 rings (SSSR count). The summed E-state index contributed by atoms with van der Waals surface area (Å²) in [4.78, 5) is 0. The van der Waals surface area contributed by atoms with E-state index in [9.17, 15) is 0 Å². The Morgan fingerprint density at radius 1 is 1.17 bits per heavy atom. The van der Waals surface area contributed by atoms with Gasteiger partial charge in [-0.3, -0.25) is 0 Å². The van der Waals surface area contributed by atoms with E-state index >= 15 is 0 Å². The van der Waals surface area contributed by atoms with Crippen molar-refractivity contribution in [3.63, 3.8) is 0 Å². The Morgan fingerprint density at radius 3 is 1.17 bits per heavy atom. The molecule has 0 aromatic carbocycles. The first-order valence-electron chi connectivity index (χ1n) is 0.730. The van der Waals surface area contributed by atoms with Crippen LogP contribution in [0.2, 0.25) is 0 Å². The maximum absolute atomic E-state index is 8.61. The van der Waals surface area contributed by atoms with Crippen LogP contribution in [0.25, 0.3) is 0 Å². The van der Waals surface area contributed by atoms with E-state index in [-0.39, 0.29) is 37.7 Å². The van der Waals surface area contributed by atoms with Crippen LogP contribution in [0.3, 0.4) is 0 Å². The summed E-state index contributed by atoms with van der Waals surface area (Å²) in [6.45, 7) is 0. The number of hydrogen-bond donors (Lipinski definition) is 0. The van der Waals surface area contributed by atoms with Crippen molar-refractivity contribution in [2.45, 2.75) is 0 Å².